The maximum absolute atomic E-state index is 12.2. The zero-order chi connectivity index (χ0) is 21.3. The molecule has 0 heterocycles. The minimum absolute atomic E-state index is 0.269. The molecule has 152 valence electrons. The van der Waals surface area contributed by atoms with Crippen molar-refractivity contribution in [1.82, 2.24) is 5.43 Å². The Bertz CT molecular complexity index is 1070. The average Bonchev–Trinajstić information content (AvgIpc) is 2.75. The van der Waals surface area contributed by atoms with Crippen LogP contribution in [0.4, 0.5) is 0 Å². The van der Waals surface area contributed by atoms with E-state index in [1.165, 1.54) is 12.3 Å². The number of carbonyl (C=O) groups excluding carboxylic acids is 2. The van der Waals surface area contributed by atoms with Crippen LogP contribution in [0.2, 0.25) is 10.0 Å². The highest BCUT2D eigenvalue weighted by Crippen LogP contribution is 2.27. The molecule has 0 aliphatic rings. The molecule has 1 amide bonds. The first kappa shape index (κ1) is 21.4. The predicted molar refractivity (Wildman–Crippen MR) is 116 cm³/mol. The molecule has 0 radical (unpaired) electrons. The van der Waals surface area contributed by atoms with Crippen molar-refractivity contribution < 1.29 is 19.1 Å². The topological polar surface area (TPSA) is 77.0 Å². The van der Waals surface area contributed by atoms with Crippen molar-refractivity contribution in [3.05, 3.63) is 94.0 Å². The molecular formula is C22H16Cl2N2O4. The van der Waals surface area contributed by atoms with Crippen LogP contribution in [-0.2, 0) is 4.79 Å². The highest BCUT2D eigenvalue weighted by Gasteiger charge is 2.11. The molecule has 0 saturated carbocycles. The van der Waals surface area contributed by atoms with E-state index in [1.807, 2.05) is 6.07 Å². The summed E-state index contributed by atoms with van der Waals surface area (Å²) in [6.07, 6.45) is 1.39. The normalized spacial score (nSPS) is 10.6. The lowest BCUT2D eigenvalue weighted by molar-refractivity contribution is -0.136. The standard InChI is InChI=1S/C22H16Cl2N2O4/c23-17-10-11-20(18(24)12-17)29-14-21(27)30-19-9-5-4-8-16(19)13-25-26-22(28)15-6-2-1-3-7-15/h1-13H,14H2,(H,26,28). The molecule has 0 aliphatic carbocycles. The van der Waals surface area contributed by atoms with Gasteiger partial charge in [0.2, 0.25) is 0 Å². The SMILES string of the molecule is O=C(COc1ccc(Cl)cc1Cl)Oc1ccccc1C=NNC(=O)c1ccccc1. The summed E-state index contributed by atoms with van der Waals surface area (Å²) in [5.41, 5.74) is 3.41. The number of carbonyl (C=O) groups is 2. The van der Waals surface area contributed by atoms with Gasteiger partial charge in [-0.15, -0.1) is 0 Å². The van der Waals surface area contributed by atoms with E-state index >= 15 is 0 Å². The fourth-order valence-corrected chi connectivity index (χ4v) is 2.84. The van der Waals surface area contributed by atoms with Crippen LogP contribution in [0, 0.1) is 0 Å². The Morgan fingerprint density at radius 3 is 2.43 bits per heavy atom. The van der Waals surface area contributed by atoms with Crippen LogP contribution in [0.1, 0.15) is 15.9 Å². The van der Waals surface area contributed by atoms with Gasteiger partial charge in [0.1, 0.15) is 11.5 Å². The van der Waals surface area contributed by atoms with Gasteiger partial charge in [-0.2, -0.15) is 5.10 Å². The van der Waals surface area contributed by atoms with E-state index in [2.05, 4.69) is 10.5 Å². The number of hydrogen-bond donors (Lipinski definition) is 1. The third-order valence-corrected chi connectivity index (χ3v) is 4.32. The molecule has 3 rings (SSSR count). The molecule has 3 aromatic carbocycles. The lowest BCUT2D eigenvalue weighted by Crippen LogP contribution is -2.19. The minimum atomic E-state index is -0.629. The summed E-state index contributed by atoms with van der Waals surface area (Å²) in [4.78, 5) is 24.2. The summed E-state index contributed by atoms with van der Waals surface area (Å²) in [5, 5.41) is 4.67. The van der Waals surface area contributed by atoms with Gasteiger partial charge in [0, 0.05) is 16.1 Å². The van der Waals surface area contributed by atoms with E-state index in [0.717, 1.165) is 0 Å². The summed E-state index contributed by atoms with van der Waals surface area (Å²) in [5.74, 6) is -0.396. The first-order valence-electron chi connectivity index (χ1n) is 8.79. The average molecular weight is 443 g/mol. The van der Waals surface area contributed by atoms with E-state index in [4.69, 9.17) is 32.7 Å². The second kappa shape index (κ2) is 10.4. The van der Waals surface area contributed by atoms with Crippen molar-refractivity contribution in [2.75, 3.05) is 6.61 Å². The Morgan fingerprint density at radius 1 is 0.933 bits per heavy atom. The van der Waals surface area contributed by atoms with E-state index in [0.29, 0.717) is 21.9 Å². The molecule has 0 saturated heterocycles. The molecule has 8 heteroatoms. The maximum Gasteiger partial charge on any atom is 0.349 e. The molecule has 0 atom stereocenters. The number of esters is 1. The van der Waals surface area contributed by atoms with Gasteiger partial charge in [-0.05, 0) is 42.5 Å². The zero-order valence-corrected chi connectivity index (χ0v) is 17.1. The Balaban J connectivity index is 1.59. The zero-order valence-electron chi connectivity index (χ0n) is 15.5. The largest absolute Gasteiger partial charge is 0.480 e. The third kappa shape index (κ3) is 6.07. The summed E-state index contributed by atoms with van der Waals surface area (Å²) in [6.45, 7) is -0.350. The first-order valence-corrected chi connectivity index (χ1v) is 9.54. The molecule has 0 spiro atoms. The Hall–Kier alpha value is -3.35. The summed E-state index contributed by atoms with van der Waals surface area (Å²) in [6, 6.07) is 20.1. The van der Waals surface area contributed by atoms with E-state index < -0.39 is 5.97 Å². The number of ether oxygens (including phenoxy) is 2. The van der Waals surface area contributed by atoms with Crippen LogP contribution >= 0.6 is 23.2 Å². The van der Waals surface area contributed by atoms with Crippen LogP contribution < -0.4 is 14.9 Å². The lowest BCUT2D eigenvalue weighted by Gasteiger charge is -2.09. The molecule has 0 aliphatic heterocycles. The summed E-state index contributed by atoms with van der Waals surface area (Å²) < 4.78 is 10.7. The van der Waals surface area contributed by atoms with E-state index in [-0.39, 0.29) is 23.3 Å². The molecule has 0 fully saturated rings. The number of rotatable bonds is 7. The van der Waals surface area contributed by atoms with Gasteiger partial charge in [0.25, 0.3) is 5.91 Å². The van der Waals surface area contributed by atoms with E-state index in [1.54, 1.807) is 60.7 Å². The molecule has 1 N–H and O–H groups in total. The van der Waals surface area contributed by atoms with Crippen molar-refractivity contribution in [2.24, 2.45) is 5.10 Å². The Kier molecular flexibility index (Phi) is 7.43. The first-order chi connectivity index (χ1) is 14.5. The van der Waals surface area contributed by atoms with Crippen LogP contribution in [0.15, 0.2) is 77.9 Å². The van der Waals surface area contributed by atoms with Crippen molar-refractivity contribution in [2.45, 2.75) is 0 Å². The number of amides is 1. The molecule has 0 aromatic heterocycles. The maximum atomic E-state index is 12.2. The number of nitrogens with zero attached hydrogens (tertiary/aromatic N) is 1. The lowest BCUT2D eigenvalue weighted by atomic mass is 10.2. The highest BCUT2D eigenvalue weighted by molar-refractivity contribution is 6.35. The predicted octanol–water partition coefficient (Wildman–Crippen LogP) is 4.74. The molecule has 6 nitrogen and oxygen atoms in total. The van der Waals surface area contributed by atoms with Gasteiger partial charge in [-0.3, -0.25) is 4.79 Å². The third-order valence-electron chi connectivity index (χ3n) is 3.79. The molecule has 30 heavy (non-hydrogen) atoms. The number of benzene rings is 3. The van der Waals surface area contributed by atoms with Crippen molar-refractivity contribution in [3.8, 4) is 11.5 Å². The van der Waals surface area contributed by atoms with Gasteiger partial charge in [-0.25, -0.2) is 10.2 Å². The van der Waals surface area contributed by atoms with Gasteiger partial charge in [0.15, 0.2) is 6.61 Å². The van der Waals surface area contributed by atoms with Crippen LogP contribution in [0.25, 0.3) is 0 Å². The van der Waals surface area contributed by atoms with E-state index in [9.17, 15) is 9.59 Å². The Labute approximate surface area is 183 Å². The van der Waals surface area contributed by atoms with Crippen LogP contribution in [0.3, 0.4) is 0 Å². The highest BCUT2D eigenvalue weighted by atomic mass is 35.5. The molecule has 0 bridgehead atoms. The second-order valence-electron chi connectivity index (χ2n) is 5.94. The van der Waals surface area contributed by atoms with Crippen LogP contribution in [0.5, 0.6) is 11.5 Å². The van der Waals surface area contributed by atoms with Crippen molar-refractivity contribution in [3.63, 3.8) is 0 Å². The fourth-order valence-electron chi connectivity index (χ4n) is 2.38. The number of hydrogen-bond acceptors (Lipinski definition) is 5. The number of halogens is 2. The quantitative estimate of drug-likeness (QED) is 0.248. The van der Waals surface area contributed by atoms with Gasteiger partial charge >= 0.3 is 5.97 Å². The van der Waals surface area contributed by atoms with Gasteiger partial charge in [0.05, 0.1) is 11.2 Å². The molecular weight excluding hydrogens is 427 g/mol. The fraction of sp³-hybridized carbons (Fsp3) is 0.0455. The smallest absolute Gasteiger partial charge is 0.349 e. The monoisotopic (exact) mass is 442 g/mol. The number of hydrazone groups is 1. The molecule has 0 unspecified atom stereocenters. The molecule has 3 aromatic rings. The van der Waals surface area contributed by atoms with Crippen LogP contribution in [-0.4, -0.2) is 24.7 Å². The van der Waals surface area contributed by atoms with Crippen molar-refractivity contribution >= 4 is 41.3 Å². The number of para-hydroxylation sites is 1. The summed E-state index contributed by atoms with van der Waals surface area (Å²) >= 11 is 11.8. The second-order valence-corrected chi connectivity index (χ2v) is 6.78. The van der Waals surface area contributed by atoms with Crippen molar-refractivity contribution in [1.29, 1.82) is 0 Å². The summed E-state index contributed by atoms with van der Waals surface area (Å²) in [7, 11) is 0. The van der Waals surface area contributed by atoms with Gasteiger partial charge < -0.3 is 9.47 Å². The minimum Gasteiger partial charge on any atom is -0.480 e. The Morgan fingerprint density at radius 2 is 1.67 bits per heavy atom. The van der Waals surface area contributed by atoms with Gasteiger partial charge in [-0.1, -0.05) is 53.5 Å². The number of nitrogens with one attached hydrogen (secondary N) is 1.